The molecule has 0 spiro atoms. The molecular formula is C19H18N4O3. The maximum absolute atomic E-state index is 12.3. The summed E-state index contributed by atoms with van der Waals surface area (Å²) in [5.74, 6) is -0.337. The highest BCUT2D eigenvalue weighted by Gasteiger charge is 2.11. The van der Waals surface area contributed by atoms with Crippen LogP contribution in [-0.2, 0) is 11.3 Å². The lowest BCUT2D eigenvalue weighted by Gasteiger charge is -2.05. The number of carbonyl (C=O) groups excluding carboxylic acids is 2. The largest absolute Gasteiger partial charge is 0.496 e. The Bertz CT molecular complexity index is 991. The molecule has 0 aliphatic rings. The number of benzene rings is 2. The molecule has 1 heterocycles. The van der Waals surface area contributed by atoms with Gasteiger partial charge in [-0.2, -0.15) is 5.10 Å². The van der Waals surface area contributed by atoms with Crippen molar-refractivity contribution in [1.82, 2.24) is 9.99 Å². The second-order valence-electron chi connectivity index (χ2n) is 5.60. The number of nitrogens with one attached hydrogen (secondary N) is 1. The minimum absolute atomic E-state index is 0.0714. The van der Waals surface area contributed by atoms with Crippen molar-refractivity contribution in [3.63, 3.8) is 0 Å². The summed E-state index contributed by atoms with van der Waals surface area (Å²) in [4.78, 5) is 23.5. The highest BCUT2D eigenvalue weighted by atomic mass is 16.5. The van der Waals surface area contributed by atoms with E-state index in [0.29, 0.717) is 11.3 Å². The number of ether oxygens (including phenoxy) is 1. The Balaban J connectivity index is 1.82. The van der Waals surface area contributed by atoms with Crippen LogP contribution < -0.4 is 15.9 Å². The van der Waals surface area contributed by atoms with Crippen LogP contribution in [0.2, 0.25) is 0 Å². The van der Waals surface area contributed by atoms with E-state index in [1.165, 1.54) is 13.3 Å². The number of rotatable bonds is 6. The zero-order valence-corrected chi connectivity index (χ0v) is 14.2. The molecular weight excluding hydrogens is 332 g/mol. The summed E-state index contributed by atoms with van der Waals surface area (Å²) >= 11 is 0. The molecule has 0 aliphatic heterocycles. The predicted molar refractivity (Wildman–Crippen MR) is 99.2 cm³/mol. The third-order valence-electron chi connectivity index (χ3n) is 3.87. The molecule has 0 unspecified atom stereocenters. The van der Waals surface area contributed by atoms with E-state index >= 15 is 0 Å². The molecule has 3 N–H and O–H groups in total. The number of amides is 2. The van der Waals surface area contributed by atoms with Crippen molar-refractivity contribution >= 4 is 28.9 Å². The SMILES string of the molecule is COc1ccccc1C(=O)NN=Cc1cn(CC(N)=O)c2ccccc12. The first kappa shape index (κ1) is 17.2. The standard InChI is InChI=1S/C19H18N4O3/c1-26-17-9-5-3-7-15(17)19(25)22-21-10-13-11-23(12-18(20)24)16-8-4-2-6-14(13)16/h2-11H,12H2,1H3,(H2,20,24)(H,22,25). The van der Waals surface area contributed by atoms with Crippen LogP contribution in [0.1, 0.15) is 15.9 Å². The summed E-state index contributed by atoms with van der Waals surface area (Å²) in [6.45, 7) is 0.0714. The molecule has 2 amide bonds. The van der Waals surface area contributed by atoms with Crippen LogP contribution in [0.5, 0.6) is 5.75 Å². The summed E-state index contributed by atoms with van der Waals surface area (Å²) in [7, 11) is 1.50. The molecule has 26 heavy (non-hydrogen) atoms. The summed E-state index contributed by atoms with van der Waals surface area (Å²) in [6, 6.07) is 14.5. The van der Waals surface area contributed by atoms with E-state index in [1.807, 2.05) is 24.3 Å². The van der Waals surface area contributed by atoms with E-state index in [4.69, 9.17) is 10.5 Å². The van der Waals surface area contributed by atoms with Gasteiger partial charge in [0.2, 0.25) is 5.91 Å². The van der Waals surface area contributed by atoms with Crippen LogP contribution in [0.15, 0.2) is 59.8 Å². The zero-order chi connectivity index (χ0) is 18.5. The van der Waals surface area contributed by atoms with E-state index in [2.05, 4.69) is 10.5 Å². The number of methoxy groups -OCH3 is 1. The number of nitrogens with two attached hydrogens (primary N) is 1. The van der Waals surface area contributed by atoms with E-state index in [-0.39, 0.29) is 12.5 Å². The Morgan fingerprint density at radius 3 is 2.69 bits per heavy atom. The van der Waals surface area contributed by atoms with Gasteiger partial charge < -0.3 is 15.0 Å². The van der Waals surface area contributed by atoms with Gasteiger partial charge in [0.05, 0.1) is 18.9 Å². The molecule has 7 nitrogen and oxygen atoms in total. The maximum Gasteiger partial charge on any atom is 0.275 e. The van der Waals surface area contributed by atoms with E-state index in [1.54, 1.807) is 35.0 Å². The Kier molecular flexibility index (Phi) is 4.98. The second-order valence-corrected chi connectivity index (χ2v) is 5.60. The smallest absolute Gasteiger partial charge is 0.275 e. The Morgan fingerprint density at radius 1 is 1.19 bits per heavy atom. The lowest BCUT2D eigenvalue weighted by Crippen LogP contribution is -2.18. The molecule has 0 radical (unpaired) electrons. The van der Waals surface area contributed by atoms with Gasteiger partial charge in [0.25, 0.3) is 5.91 Å². The average Bonchev–Trinajstić information content (AvgIpc) is 2.99. The van der Waals surface area contributed by atoms with Gasteiger partial charge in [0.1, 0.15) is 12.3 Å². The van der Waals surface area contributed by atoms with Crippen molar-refractivity contribution in [3.05, 3.63) is 65.9 Å². The van der Waals surface area contributed by atoms with Crippen molar-refractivity contribution in [1.29, 1.82) is 0 Å². The number of primary amides is 1. The molecule has 0 aliphatic carbocycles. The minimum Gasteiger partial charge on any atom is -0.496 e. The molecule has 1 aromatic heterocycles. The van der Waals surface area contributed by atoms with Crippen molar-refractivity contribution < 1.29 is 14.3 Å². The molecule has 7 heteroatoms. The fourth-order valence-electron chi connectivity index (χ4n) is 2.73. The molecule has 0 fully saturated rings. The Morgan fingerprint density at radius 2 is 1.92 bits per heavy atom. The summed E-state index contributed by atoms with van der Waals surface area (Å²) in [5.41, 5.74) is 9.80. The third kappa shape index (κ3) is 3.56. The van der Waals surface area contributed by atoms with Gasteiger partial charge in [-0.1, -0.05) is 30.3 Å². The summed E-state index contributed by atoms with van der Waals surface area (Å²) < 4.78 is 6.92. The van der Waals surface area contributed by atoms with Gasteiger partial charge in [-0.15, -0.1) is 0 Å². The number of aromatic nitrogens is 1. The van der Waals surface area contributed by atoms with Crippen LogP contribution in [0, 0.1) is 0 Å². The Hall–Kier alpha value is -3.61. The molecule has 2 aromatic carbocycles. The van der Waals surface area contributed by atoms with Crippen LogP contribution >= 0.6 is 0 Å². The van der Waals surface area contributed by atoms with Crippen molar-refractivity contribution in [2.45, 2.75) is 6.54 Å². The number of fused-ring (bicyclic) bond motifs is 1. The first-order valence-electron chi connectivity index (χ1n) is 7.92. The third-order valence-corrected chi connectivity index (χ3v) is 3.87. The number of hydrazone groups is 1. The van der Waals surface area contributed by atoms with Crippen LogP contribution in [-0.4, -0.2) is 29.7 Å². The highest BCUT2D eigenvalue weighted by Crippen LogP contribution is 2.20. The molecule has 0 saturated heterocycles. The quantitative estimate of drug-likeness (QED) is 0.525. The summed E-state index contributed by atoms with van der Waals surface area (Å²) in [5, 5.41) is 4.93. The monoisotopic (exact) mass is 350 g/mol. The van der Waals surface area contributed by atoms with E-state index in [0.717, 1.165) is 16.5 Å². The van der Waals surface area contributed by atoms with Crippen molar-refractivity contribution in [2.24, 2.45) is 10.8 Å². The fourth-order valence-corrected chi connectivity index (χ4v) is 2.73. The molecule has 0 bridgehead atoms. The average molecular weight is 350 g/mol. The molecule has 0 saturated carbocycles. The molecule has 132 valence electrons. The molecule has 3 rings (SSSR count). The van der Waals surface area contributed by atoms with Gasteiger partial charge in [0, 0.05) is 22.7 Å². The normalized spacial score (nSPS) is 11.0. The van der Waals surface area contributed by atoms with Gasteiger partial charge in [-0.3, -0.25) is 9.59 Å². The number of carbonyl (C=O) groups is 2. The Labute approximate surface area is 150 Å². The van der Waals surface area contributed by atoms with E-state index < -0.39 is 5.91 Å². The fraction of sp³-hybridized carbons (Fsp3) is 0.105. The lowest BCUT2D eigenvalue weighted by atomic mass is 10.2. The number of hydrogen-bond acceptors (Lipinski definition) is 4. The van der Waals surface area contributed by atoms with Crippen LogP contribution in [0.4, 0.5) is 0 Å². The maximum atomic E-state index is 12.3. The van der Waals surface area contributed by atoms with E-state index in [9.17, 15) is 9.59 Å². The van der Waals surface area contributed by atoms with Gasteiger partial charge in [-0.25, -0.2) is 5.43 Å². The second kappa shape index (κ2) is 7.52. The first-order chi connectivity index (χ1) is 12.6. The lowest BCUT2D eigenvalue weighted by molar-refractivity contribution is -0.118. The minimum atomic E-state index is -0.432. The van der Waals surface area contributed by atoms with Gasteiger partial charge in [0.15, 0.2) is 0 Å². The van der Waals surface area contributed by atoms with Crippen LogP contribution in [0.3, 0.4) is 0 Å². The van der Waals surface area contributed by atoms with Gasteiger partial charge in [-0.05, 0) is 18.2 Å². The predicted octanol–water partition coefficient (Wildman–Crippen LogP) is 1.90. The summed E-state index contributed by atoms with van der Waals surface area (Å²) in [6.07, 6.45) is 3.31. The van der Waals surface area contributed by atoms with Crippen molar-refractivity contribution in [3.8, 4) is 5.75 Å². The topological polar surface area (TPSA) is 98.7 Å². The van der Waals surface area contributed by atoms with Gasteiger partial charge >= 0.3 is 0 Å². The van der Waals surface area contributed by atoms with Crippen LogP contribution in [0.25, 0.3) is 10.9 Å². The number of nitrogens with zero attached hydrogens (tertiary/aromatic N) is 2. The molecule has 0 atom stereocenters. The number of para-hydroxylation sites is 2. The first-order valence-corrected chi connectivity index (χ1v) is 7.92. The highest BCUT2D eigenvalue weighted by molar-refractivity contribution is 6.01. The number of hydrogen-bond donors (Lipinski definition) is 2. The zero-order valence-electron chi connectivity index (χ0n) is 14.2. The van der Waals surface area contributed by atoms with Crippen molar-refractivity contribution in [2.75, 3.05) is 7.11 Å². The molecule has 3 aromatic rings.